The molecule has 1 aliphatic carbocycles. The Morgan fingerprint density at radius 2 is 2.17 bits per heavy atom. The van der Waals surface area contributed by atoms with Crippen LogP contribution in [0, 0.1) is 12.3 Å². The molecule has 2 rings (SSSR count). The lowest BCUT2D eigenvalue weighted by Gasteiger charge is -2.58. The summed E-state index contributed by atoms with van der Waals surface area (Å²) in [5.74, 6) is -0.532. The quantitative estimate of drug-likeness (QED) is 0.771. The number of carboxylic acids is 1. The highest BCUT2D eigenvalue weighted by Crippen LogP contribution is 2.51. The Hall–Kier alpha value is -1.96. The van der Waals surface area contributed by atoms with Crippen molar-refractivity contribution in [2.24, 2.45) is 5.41 Å². The minimum atomic E-state index is -1.31. The van der Waals surface area contributed by atoms with Crippen LogP contribution in [0.25, 0.3) is 0 Å². The van der Waals surface area contributed by atoms with Crippen LogP contribution in [0.4, 0.5) is 0 Å². The van der Waals surface area contributed by atoms with Crippen molar-refractivity contribution in [1.29, 1.82) is 0 Å². The number of amides is 1. The zero-order valence-corrected chi connectivity index (χ0v) is 13.9. The Bertz CT molecular complexity index is 598. The second kappa shape index (κ2) is 6.27. The van der Waals surface area contributed by atoms with E-state index in [4.69, 9.17) is 9.26 Å². The van der Waals surface area contributed by atoms with Gasteiger partial charge in [-0.25, -0.2) is 4.79 Å². The van der Waals surface area contributed by atoms with Crippen LogP contribution >= 0.6 is 0 Å². The third-order valence-electron chi connectivity index (χ3n) is 4.62. The molecule has 0 aromatic carbocycles. The van der Waals surface area contributed by atoms with Crippen LogP contribution in [-0.4, -0.2) is 45.4 Å². The lowest BCUT2D eigenvalue weighted by molar-refractivity contribution is -0.194. The Morgan fingerprint density at radius 1 is 1.48 bits per heavy atom. The summed E-state index contributed by atoms with van der Waals surface area (Å²) in [7, 11) is 0. The van der Waals surface area contributed by atoms with Crippen molar-refractivity contribution < 1.29 is 24.0 Å². The largest absolute Gasteiger partial charge is 0.479 e. The third-order valence-corrected chi connectivity index (χ3v) is 4.62. The average Bonchev–Trinajstić information content (AvgIpc) is 2.89. The van der Waals surface area contributed by atoms with E-state index in [9.17, 15) is 14.7 Å². The summed E-state index contributed by atoms with van der Waals surface area (Å²) in [6, 6.07) is 0. The molecule has 1 aliphatic rings. The Kier molecular flexibility index (Phi) is 4.74. The molecule has 23 heavy (non-hydrogen) atoms. The molecule has 2 N–H and O–H groups in total. The fourth-order valence-corrected chi connectivity index (χ4v) is 3.00. The number of nitrogens with one attached hydrogen (secondary N) is 1. The number of aromatic nitrogens is 2. The maximum atomic E-state index is 12.2. The molecule has 8 heteroatoms. The van der Waals surface area contributed by atoms with Gasteiger partial charge in [0, 0.05) is 31.3 Å². The molecular formula is C15H23N3O5. The Labute approximate surface area is 134 Å². The zero-order chi connectivity index (χ0) is 17.3. The van der Waals surface area contributed by atoms with Gasteiger partial charge in [0.15, 0.2) is 5.82 Å². The van der Waals surface area contributed by atoms with Gasteiger partial charge in [0.2, 0.25) is 11.8 Å². The van der Waals surface area contributed by atoms with Crippen molar-refractivity contribution in [2.45, 2.75) is 58.6 Å². The van der Waals surface area contributed by atoms with E-state index in [1.807, 2.05) is 6.92 Å². The predicted octanol–water partition coefficient (Wildman–Crippen LogP) is 1.09. The first-order chi connectivity index (χ1) is 10.7. The normalized spacial score (nSPS) is 25.7. The molecular weight excluding hydrogens is 302 g/mol. The van der Waals surface area contributed by atoms with Crippen LogP contribution in [0.2, 0.25) is 0 Å². The molecule has 2 unspecified atom stereocenters. The standard InChI is InChI=1S/C15H23N3O5/c1-5-22-10-8-15(13(20)21,14(10,3)4)17-11(19)6-7-12-16-9(2)18-23-12/h10H,5-8H2,1-4H3,(H,17,19)(H,20,21). The number of carboxylic acid groups (broad SMARTS) is 1. The third kappa shape index (κ3) is 3.08. The SMILES string of the molecule is CCOC1CC(NC(=O)CCc2nc(C)no2)(C(=O)O)C1(C)C. The van der Waals surface area contributed by atoms with E-state index in [1.54, 1.807) is 20.8 Å². The van der Waals surface area contributed by atoms with Gasteiger partial charge >= 0.3 is 5.97 Å². The second-order valence-corrected chi connectivity index (χ2v) is 6.36. The maximum Gasteiger partial charge on any atom is 0.330 e. The van der Waals surface area contributed by atoms with Gasteiger partial charge in [0.25, 0.3) is 0 Å². The Morgan fingerprint density at radius 3 is 2.65 bits per heavy atom. The van der Waals surface area contributed by atoms with Crippen LogP contribution in [0.5, 0.6) is 0 Å². The molecule has 8 nitrogen and oxygen atoms in total. The first-order valence-electron chi connectivity index (χ1n) is 7.68. The van der Waals surface area contributed by atoms with Crippen LogP contribution < -0.4 is 5.32 Å². The molecule has 0 aliphatic heterocycles. The number of aryl methyl sites for hydroxylation is 2. The fraction of sp³-hybridized carbons (Fsp3) is 0.733. The van der Waals surface area contributed by atoms with Gasteiger partial charge in [-0.1, -0.05) is 19.0 Å². The number of carbonyl (C=O) groups is 2. The minimum Gasteiger partial charge on any atom is -0.479 e. The van der Waals surface area contributed by atoms with E-state index in [1.165, 1.54) is 0 Å². The van der Waals surface area contributed by atoms with E-state index in [-0.39, 0.29) is 31.3 Å². The van der Waals surface area contributed by atoms with Crippen molar-refractivity contribution in [2.75, 3.05) is 6.61 Å². The molecule has 1 fully saturated rings. The van der Waals surface area contributed by atoms with Crippen LogP contribution in [0.15, 0.2) is 4.52 Å². The predicted molar refractivity (Wildman–Crippen MR) is 79.7 cm³/mol. The molecule has 1 aromatic heterocycles. The summed E-state index contributed by atoms with van der Waals surface area (Å²) in [5, 5.41) is 16.0. The molecule has 2 atom stereocenters. The first kappa shape index (κ1) is 17.4. The van der Waals surface area contributed by atoms with E-state index >= 15 is 0 Å². The number of nitrogens with zero attached hydrogens (tertiary/aromatic N) is 2. The summed E-state index contributed by atoms with van der Waals surface area (Å²) in [4.78, 5) is 28.0. The molecule has 0 spiro atoms. The summed E-state index contributed by atoms with van der Waals surface area (Å²) < 4.78 is 10.5. The number of hydrogen-bond acceptors (Lipinski definition) is 6. The minimum absolute atomic E-state index is 0.0893. The first-order valence-corrected chi connectivity index (χ1v) is 7.68. The summed E-state index contributed by atoms with van der Waals surface area (Å²) in [5.41, 5.74) is -2.00. The molecule has 0 saturated heterocycles. The van der Waals surface area contributed by atoms with Crippen LogP contribution in [-0.2, 0) is 20.7 Å². The van der Waals surface area contributed by atoms with Gasteiger partial charge < -0.3 is 19.7 Å². The van der Waals surface area contributed by atoms with Crippen molar-refractivity contribution in [3.63, 3.8) is 0 Å². The van der Waals surface area contributed by atoms with Crippen molar-refractivity contribution >= 4 is 11.9 Å². The zero-order valence-electron chi connectivity index (χ0n) is 13.9. The molecule has 128 valence electrons. The number of carbonyl (C=O) groups excluding carboxylic acids is 1. The Balaban J connectivity index is 2.00. The monoisotopic (exact) mass is 325 g/mol. The van der Waals surface area contributed by atoms with Gasteiger partial charge in [-0.2, -0.15) is 4.98 Å². The number of aliphatic carboxylic acids is 1. The number of hydrogen-bond donors (Lipinski definition) is 2. The molecule has 0 bridgehead atoms. The van der Waals surface area contributed by atoms with E-state index < -0.39 is 16.9 Å². The van der Waals surface area contributed by atoms with Gasteiger partial charge in [-0.15, -0.1) is 0 Å². The van der Waals surface area contributed by atoms with E-state index in [0.29, 0.717) is 18.3 Å². The van der Waals surface area contributed by atoms with Crippen molar-refractivity contribution in [3.05, 3.63) is 11.7 Å². The molecule has 1 amide bonds. The summed E-state index contributed by atoms with van der Waals surface area (Å²) in [6.45, 7) is 7.66. The van der Waals surface area contributed by atoms with Gasteiger partial charge in [-0.05, 0) is 13.8 Å². The fourth-order valence-electron chi connectivity index (χ4n) is 3.00. The second-order valence-electron chi connectivity index (χ2n) is 6.36. The lowest BCUT2D eigenvalue weighted by Crippen LogP contribution is -2.76. The molecule has 1 saturated carbocycles. The summed E-state index contributed by atoms with van der Waals surface area (Å²) >= 11 is 0. The van der Waals surface area contributed by atoms with E-state index in [2.05, 4.69) is 15.5 Å². The van der Waals surface area contributed by atoms with Gasteiger partial charge in [0.1, 0.15) is 5.54 Å². The number of rotatable bonds is 7. The highest BCUT2D eigenvalue weighted by molar-refractivity contribution is 5.89. The van der Waals surface area contributed by atoms with Crippen LogP contribution in [0.3, 0.4) is 0 Å². The van der Waals surface area contributed by atoms with Gasteiger partial charge in [-0.3, -0.25) is 4.79 Å². The highest BCUT2D eigenvalue weighted by atomic mass is 16.5. The maximum absolute atomic E-state index is 12.2. The molecule has 1 aromatic rings. The van der Waals surface area contributed by atoms with Crippen LogP contribution in [0.1, 0.15) is 45.3 Å². The van der Waals surface area contributed by atoms with Gasteiger partial charge in [0.05, 0.1) is 6.10 Å². The van der Waals surface area contributed by atoms with Crippen molar-refractivity contribution in [3.8, 4) is 0 Å². The topological polar surface area (TPSA) is 115 Å². The lowest BCUT2D eigenvalue weighted by atomic mass is 9.54. The van der Waals surface area contributed by atoms with E-state index in [0.717, 1.165) is 0 Å². The average molecular weight is 325 g/mol. The molecule has 0 radical (unpaired) electrons. The molecule has 1 heterocycles. The highest BCUT2D eigenvalue weighted by Gasteiger charge is 2.66. The summed E-state index contributed by atoms with van der Waals surface area (Å²) in [6.07, 6.45) is 0.431. The smallest absolute Gasteiger partial charge is 0.330 e. The van der Waals surface area contributed by atoms with Crippen molar-refractivity contribution in [1.82, 2.24) is 15.5 Å². The number of ether oxygens (including phenoxy) is 1.